The van der Waals surface area contributed by atoms with Crippen molar-refractivity contribution < 1.29 is 29.3 Å². The Morgan fingerprint density at radius 2 is 1.62 bits per heavy atom. The lowest BCUT2D eigenvalue weighted by Crippen LogP contribution is -2.45. The van der Waals surface area contributed by atoms with Gasteiger partial charge >= 0.3 is 18.0 Å². The first-order chi connectivity index (χ1) is 12.0. The number of alkyl carbamates (subject to hydrolysis) is 1. The van der Waals surface area contributed by atoms with E-state index in [4.69, 9.17) is 4.74 Å². The van der Waals surface area contributed by atoms with E-state index in [2.05, 4.69) is 21.2 Å². The number of halogens is 1. The Hall–Kier alpha value is -2.09. The van der Waals surface area contributed by atoms with Gasteiger partial charge in [-0.05, 0) is 44.7 Å². The molecule has 0 saturated heterocycles. The molecule has 1 aromatic carbocycles. The van der Waals surface area contributed by atoms with Gasteiger partial charge in [-0.1, -0.05) is 40.2 Å². The van der Waals surface area contributed by atoms with E-state index in [1.807, 2.05) is 24.3 Å². The summed E-state index contributed by atoms with van der Waals surface area (Å²) in [6.07, 6.45) is -0.974. The average molecular weight is 430 g/mol. The number of benzene rings is 1. The average Bonchev–Trinajstić information content (AvgIpc) is 2.52. The van der Waals surface area contributed by atoms with E-state index in [1.54, 1.807) is 20.8 Å². The maximum atomic E-state index is 11.8. The van der Waals surface area contributed by atoms with Crippen LogP contribution in [0.2, 0.25) is 0 Å². The van der Waals surface area contributed by atoms with Crippen LogP contribution in [0.5, 0.6) is 0 Å². The Morgan fingerprint density at radius 1 is 1.08 bits per heavy atom. The van der Waals surface area contributed by atoms with E-state index in [9.17, 15) is 24.6 Å². The molecule has 1 aromatic rings. The molecule has 0 aromatic heterocycles. The highest BCUT2D eigenvalue weighted by Crippen LogP contribution is 2.17. The van der Waals surface area contributed by atoms with Crippen LogP contribution in [0.3, 0.4) is 0 Å². The smallest absolute Gasteiger partial charge is 0.408 e. The van der Waals surface area contributed by atoms with Gasteiger partial charge < -0.3 is 20.3 Å². The second-order valence-corrected chi connectivity index (χ2v) is 7.52. The lowest BCUT2D eigenvalue weighted by molar-refractivity contribution is -0.144. The van der Waals surface area contributed by atoms with Gasteiger partial charge in [0.15, 0.2) is 0 Å². The number of hydrogen-bond acceptors (Lipinski definition) is 4. The summed E-state index contributed by atoms with van der Waals surface area (Å²) in [6.45, 7) is 4.96. The van der Waals surface area contributed by atoms with Crippen molar-refractivity contribution in [3.63, 3.8) is 0 Å². The molecule has 1 rings (SSSR count). The fourth-order valence-electron chi connectivity index (χ4n) is 2.28. The first-order valence-electron chi connectivity index (χ1n) is 8.10. The van der Waals surface area contributed by atoms with Crippen molar-refractivity contribution in [2.75, 3.05) is 0 Å². The van der Waals surface area contributed by atoms with Gasteiger partial charge in [0.05, 0.1) is 5.92 Å². The molecule has 0 radical (unpaired) electrons. The minimum Gasteiger partial charge on any atom is -0.481 e. The zero-order chi connectivity index (χ0) is 19.9. The van der Waals surface area contributed by atoms with Gasteiger partial charge in [-0.3, -0.25) is 4.79 Å². The Morgan fingerprint density at radius 3 is 2.04 bits per heavy atom. The lowest BCUT2D eigenvalue weighted by atomic mass is 9.92. The Balaban J connectivity index is 2.81. The number of hydrogen-bond donors (Lipinski definition) is 3. The number of carbonyl (C=O) groups is 3. The normalized spacial score (nSPS) is 13.5. The van der Waals surface area contributed by atoms with Gasteiger partial charge in [-0.15, -0.1) is 0 Å². The largest absolute Gasteiger partial charge is 0.481 e. The molecule has 1 amide bonds. The number of carbonyl (C=O) groups excluding carboxylic acids is 1. The van der Waals surface area contributed by atoms with Crippen LogP contribution in [-0.4, -0.2) is 39.9 Å². The number of carboxylic acids is 2. The van der Waals surface area contributed by atoms with E-state index in [0.717, 1.165) is 11.1 Å². The zero-order valence-corrected chi connectivity index (χ0v) is 16.6. The highest BCUT2D eigenvalue weighted by Gasteiger charge is 2.30. The van der Waals surface area contributed by atoms with Gasteiger partial charge in [-0.25, -0.2) is 9.59 Å². The molecule has 7 nitrogen and oxygen atoms in total. The molecule has 0 spiro atoms. The predicted octanol–water partition coefficient (Wildman–Crippen LogP) is 3.19. The van der Waals surface area contributed by atoms with Crippen molar-refractivity contribution in [3.05, 3.63) is 35.4 Å². The number of amides is 1. The molecule has 3 N–H and O–H groups in total. The zero-order valence-electron chi connectivity index (χ0n) is 15.0. The summed E-state index contributed by atoms with van der Waals surface area (Å²) in [6, 6.07) is 6.01. The van der Waals surface area contributed by atoms with Gasteiger partial charge in [0, 0.05) is 5.33 Å². The van der Waals surface area contributed by atoms with E-state index < -0.39 is 35.6 Å². The minimum absolute atomic E-state index is 0.164. The van der Waals surface area contributed by atoms with Crippen molar-refractivity contribution in [1.82, 2.24) is 5.32 Å². The molecule has 0 bridgehead atoms. The summed E-state index contributed by atoms with van der Waals surface area (Å²) in [5.41, 5.74) is 1.05. The number of nitrogens with one attached hydrogen (secondary N) is 1. The minimum atomic E-state index is -1.35. The number of rotatable bonds is 8. The molecule has 0 saturated carbocycles. The topological polar surface area (TPSA) is 113 Å². The van der Waals surface area contributed by atoms with Gasteiger partial charge in [0.1, 0.15) is 11.6 Å². The van der Waals surface area contributed by atoms with Crippen molar-refractivity contribution in [2.24, 2.45) is 5.92 Å². The molecule has 0 fully saturated rings. The van der Waals surface area contributed by atoms with Crippen LogP contribution in [0.4, 0.5) is 4.79 Å². The quantitative estimate of drug-likeness (QED) is 0.546. The number of carboxylic acid groups (broad SMARTS) is 2. The third-order valence-corrected chi connectivity index (χ3v) is 4.17. The SMILES string of the molecule is CC(C)(C)OC(=O)N[C@H](C[C@H](Cc1ccc(CBr)cc1)C(=O)O)C(=O)O. The second kappa shape index (κ2) is 9.56. The Bertz CT molecular complexity index is 638. The summed E-state index contributed by atoms with van der Waals surface area (Å²) in [7, 11) is 0. The van der Waals surface area contributed by atoms with Crippen molar-refractivity contribution in [3.8, 4) is 0 Å². The molecule has 0 aliphatic rings. The van der Waals surface area contributed by atoms with E-state index in [1.165, 1.54) is 0 Å². The van der Waals surface area contributed by atoms with Crippen molar-refractivity contribution >= 4 is 34.0 Å². The van der Waals surface area contributed by atoms with Gasteiger partial charge in [0.2, 0.25) is 0 Å². The van der Waals surface area contributed by atoms with E-state index in [0.29, 0.717) is 5.33 Å². The summed E-state index contributed by atoms with van der Waals surface area (Å²) in [5, 5.41) is 21.7. The third-order valence-electron chi connectivity index (χ3n) is 3.52. The predicted molar refractivity (Wildman–Crippen MR) is 99.3 cm³/mol. The first-order valence-corrected chi connectivity index (χ1v) is 9.23. The van der Waals surface area contributed by atoms with E-state index >= 15 is 0 Å². The maximum Gasteiger partial charge on any atom is 0.408 e. The van der Waals surface area contributed by atoms with Crippen molar-refractivity contribution in [1.29, 1.82) is 0 Å². The summed E-state index contributed by atoms with van der Waals surface area (Å²) in [4.78, 5) is 34.8. The van der Waals surface area contributed by atoms with Crippen LogP contribution in [0.15, 0.2) is 24.3 Å². The molecule has 144 valence electrons. The number of ether oxygens (including phenoxy) is 1. The lowest BCUT2D eigenvalue weighted by Gasteiger charge is -2.23. The number of aliphatic carboxylic acids is 2. The van der Waals surface area contributed by atoms with Gasteiger partial charge in [-0.2, -0.15) is 0 Å². The Labute approximate surface area is 160 Å². The molecule has 2 atom stereocenters. The summed E-state index contributed by atoms with van der Waals surface area (Å²) < 4.78 is 5.04. The van der Waals surface area contributed by atoms with Gasteiger partial charge in [0.25, 0.3) is 0 Å². The highest BCUT2D eigenvalue weighted by atomic mass is 79.9. The molecule has 0 unspecified atom stereocenters. The molecular weight excluding hydrogens is 406 g/mol. The standard InChI is InChI=1S/C18H24BrNO6/c1-18(2,3)26-17(25)20-14(16(23)24)9-13(15(21)22)8-11-4-6-12(10-19)7-5-11/h4-7,13-14H,8-10H2,1-3H3,(H,20,25)(H,21,22)(H,23,24)/t13-,14+/m0/s1. The third kappa shape index (κ3) is 7.86. The van der Waals surface area contributed by atoms with Crippen molar-refractivity contribution in [2.45, 2.75) is 50.6 Å². The van der Waals surface area contributed by atoms with Crippen LogP contribution in [0, 0.1) is 5.92 Å². The molecular formula is C18H24BrNO6. The second-order valence-electron chi connectivity index (χ2n) is 6.96. The molecule has 0 aliphatic carbocycles. The fourth-order valence-corrected chi connectivity index (χ4v) is 2.65. The maximum absolute atomic E-state index is 11.8. The highest BCUT2D eigenvalue weighted by molar-refractivity contribution is 9.08. The van der Waals surface area contributed by atoms with Crippen LogP contribution in [-0.2, 0) is 26.1 Å². The first kappa shape index (κ1) is 22.0. The van der Waals surface area contributed by atoms with Crippen LogP contribution < -0.4 is 5.32 Å². The monoisotopic (exact) mass is 429 g/mol. The molecule has 0 heterocycles. The Kier molecular flexibility index (Phi) is 8.08. The number of alkyl halides is 1. The molecule has 26 heavy (non-hydrogen) atoms. The fraction of sp³-hybridized carbons (Fsp3) is 0.500. The van der Waals surface area contributed by atoms with Crippen LogP contribution in [0.25, 0.3) is 0 Å². The summed E-state index contributed by atoms with van der Waals surface area (Å²) in [5.74, 6) is -3.38. The van der Waals surface area contributed by atoms with Crippen LogP contribution in [0.1, 0.15) is 38.3 Å². The van der Waals surface area contributed by atoms with Crippen LogP contribution >= 0.6 is 15.9 Å². The molecule has 8 heteroatoms. The van der Waals surface area contributed by atoms with E-state index in [-0.39, 0.29) is 12.8 Å². The molecule has 0 aliphatic heterocycles. The summed E-state index contributed by atoms with van der Waals surface area (Å²) >= 11 is 3.34.